The summed E-state index contributed by atoms with van der Waals surface area (Å²) in [6.07, 6.45) is 2.81. The molecule has 0 fully saturated rings. The molecule has 0 bridgehead atoms. The second-order valence-corrected chi connectivity index (χ2v) is 11.4. The normalized spacial score (nSPS) is 13.3. The molecular formula is C23H33ClN2O4S. The molecular weight excluding hydrogens is 436 g/mol. The van der Waals surface area contributed by atoms with E-state index in [9.17, 15) is 13.2 Å². The van der Waals surface area contributed by atoms with Crippen LogP contribution in [0.5, 0.6) is 0 Å². The molecule has 1 heterocycles. The van der Waals surface area contributed by atoms with Gasteiger partial charge in [-0.15, -0.1) is 0 Å². The van der Waals surface area contributed by atoms with Crippen molar-refractivity contribution in [2.24, 2.45) is 5.92 Å². The van der Waals surface area contributed by atoms with Crippen molar-refractivity contribution >= 4 is 38.3 Å². The fourth-order valence-corrected chi connectivity index (χ4v) is 5.61. The highest BCUT2D eigenvalue weighted by Gasteiger charge is 2.27. The molecule has 0 aliphatic rings. The number of halogens is 1. The van der Waals surface area contributed by atoms with E-state index in [0.29, 0.717) is 23.5 Å². The molecule has 0 aliphatic carbocycles. The van der Waals surface area contributed by atoms with Gasteiger partial charge in [0.1, 0.15) is 5.60 Å². The van der Waals surface area contributed by atoms with Gasteiger partial charge in [0.2, 0.25) is 0 Å². The number of sulfone groups is 1. The molecule has 0 N–H and O–H groups in total. The number of rotatable bonds is 8. The monoisotopic (exact) mass is 468 g/mol. The number of aryl methyl sites for hydroxylation is 1. The van der Waals surface area contributed by atoms with Crippen molar-refractivity contribution in [2.75, 3.05) is 18.8 Å². The summed E-state index contributed by atoms with van der Waals surface area (Å²) >= 11 is 6.32. The molecule has 1 aromatic carbocycles. The first-order chi connectivity index (χ1) is 14.4. The molecule has 0 aliphatic heterocycles. The molecule has 1 unspecified atom stereocenters. The fourth-order valence-electron chi connectivity index (χ4n) is 3.45. The Labute approximate surface area is 190 Å². The molecule has 172 valence electrons. The molecule has 1 amide bonds. The number of carbonyl (C=O) groups excluding carboxylic acids is 1. The van der Waals surface area contributed by atoms with Gasteiger partial charge >= 0.3 is 6.09 Å². The second kappa shape index (κ2) is 10.2. The maximum absolute atomic E-state index is 13.3. The van der Waals surface area contributed by atoms with Gasteiger partial charge in [0.05, 0.1) is 15.7 Å². The van der Waals surface area contributed by atoms with E-state index in [-0.39, 0.29) is 16.6 Å². The maximum Gasteiger partial charge on any atom is 0.410 e. The smallest absolute Gasteiger partial charge is 0.410 e. The number of carbonyl (C=O) groups is 1. The molecule has 1 atom stereocenters. The van der Waals surface area contributed by atoms with Crippen LogP contribution in [-0.2, 0) is 14.6 Å². The first-order valence-electron chi connectivity index (χ1n) is 10.6. The summed E-state index contributed by atoms with van der Waals surface area (Å²) in [5.41, 5.74) is 0.114. The summed E-state index contributed by atoms with van der Waals surface area (Å²) in [5.74, 6) is -0.388. The number of fused-ring (bicyclic) bond motifs is 1. The van der Waals surface area contributed by atoms with Crippen molar-refractivity contribution in [2.45, 2.75) is 64.9 Å². The molecule has 0 saturated heterocycles. The number of benzene rings is 1. The minimum atomic E-state index is -3.64. The minimum absolute atomic E-state index is 0.102. The van der Waals surface area contributed by atoms with Gasteiger partial charge in [-0.1, -0.05) is 44.0 Å². The quantitative estimate of drug-likeness (QED) is 0.500. The van der Waals surface area contributed by atoms with Crippen molar-refractivity contribution < 1.29 is 17.9 Å². The van der Waals surface area contributed by atoms with E-state index in [1.54, 1.807) is 17.0 Å². The van der Waals surface area contributed by atoms with Crippen LogP contribution in [0.1, 0.15) is 53.2 Å². The zero-order valence-electron chi connectivity index (χ0n) is 19.2. The number of pyridine rings is 1. The van der Waals surface area contributed by atoms with E-state index in [1.807, 2.05) is 47.6 Å². The predicted molar refractivity (Wildman–Crippen MR) is 125 cm³/mol. The summed E-state index contributed by atoms with van der Waals surface area (Å²) in [7, 11) is -3.64. The SMILES string of the molecule is CCCCN(CC(C)CS(=O)(=O)c1cccc2c(C)ncc(Cl)c12)C(=O)OC(C)(C)C. The van der Waals surface area contributed by atoms with Crippen LogP contribution >= 0.6 is 11.6 Å². The van der Waals surface area contributed by atoms with Crippen LogP contribution in [0.4, 0.5) is 4.79 Å². The van der Waals surface area contributed by atoms with Gasteiger partial charge in [-0.05, 0) is 46.1 Å². The van der Waals surface area contributed by atoms with E-state index in [0.717, 1.165) is 23.9 Å². The minimum Gasteiger partial charge on any atom is -0.444 e. The number of aromatic nitrogens is 1. The lowest BCUT2D eigenvalue weighted by Crippen LogP contribution is -2.40. The Morgan fingerprint density at radius 1 is 1.29 bits per heavy atom. The van der Waals surface area contributed by atoms with Crippen LogP contribution in [0, 0.1) is 12.8 Å². The second-order valence-electron chi connectivity index (χ2n) is 9.04. The number of nitrogens with zero attached hydrogens (tertiary/aromatic N) is 2. The van der Waals surface area contributed by atoms with Crippen molar-refractivity contribution in [1.29, 1.82) is 0 Å². The van der Waals surface area contributed by atoms with Crippen molar-refractivity contribution in [3.8, 4) is 0 Å². The Morgan fingerprint density at radius 3 is 2.58 bits per heavy atom. The third-order valence-electron chi connectivity index (χ3n) is 4.83. The largest absolute Gasteiger partial charge is 0.444 e. The molecule has 31 heavy (non-hydrogen) atoms. The van der Waals surface area contributed by atoms with Crippen LogP contribution in [0.2, 0.25) is 5.02 Å². The van der Waals surface area contributed by atoms with E-state index in [4.69, 9.17) is 16.3 Å². The summed E-state index contributed by atoms with van der Waals surface area (Å²) in [6, 6.07) is 5.11. The standard InChI is InChI=1S/C23H33ClN2O4S/c1-7-8-12-26(22(27)30-23(4,5)6)14-16(2)15-31(28,29)20-11-9-10-18-17(3)25-13-19(24)21(18)20/h9-11,13,16H,7-8,12,14-15H2,1-6H3. The molecule has 0 radical (unpaired) electrons. The highest BCUT2D eigenvalue weighted by Crippen LogP contribution is 2.32. The van der Waals surface area contributed by atoms with Gasteiger partial charge in [-0.3, -0.25) is 4.98 Å². The molecule has 2 rings (SSSR count). The molecule has 6 nitrogen and oxygen atoms in total. The van der Waals surface area contributed by atoms with Gasteiger partial charge in [0.25, 0.3) is 0 Å². The lowest BCUT2D eigenvalue weighted by molar-refractivity contribution is 0.0226. The van der Waals surface area contributed by atoms with Gasteiger partial charge in [-0.25, -0.2) is 13.2 Å². The van der Waals surface area contributed by atoms with Crippen LogP contribution in [-0.4, -0.2) is 48.8 Å². The maximum atomic E-state index is 13.3. The van der Waals surface area contributed by atoms with Crippen LogP contribution < -0.4 is 0 Å². The van der Waals surface area contributed by atoms with Crippen molar-refractivity contribution in [1.82, 2.24) is 9.88 Å². The average Bonchev–Trinajstić information content (AvgIpc) is 2.65. The topological polar surface area (TPSA) is 76.6 Å². The number of unbranched alkanes of at least 4 members (excludes halogenated alkanes) is 1. The summed E-state index contributed by atoms with van der Waals surface area (Å²) < 4.78 is 32.1. The van der Waals surface area contributed by atoms with E-state index in [1.165, 1.54) is 6.20 Å². The number of ether oxygens (including phenoxy) is 1. The highest BCUT2D eigenvalue weighted by molar-refractivity contribution is 7.91. The first-order valence-corrected chi connectivity index (χ1v) is 12.6. The van der Waals surface area contributed by atoms with Crippen molar-refractivity contribution in [3.63, 3.8) is 0 Å². The predicted octanol–water partition coefficient (Wildman–Crippen LogP) is 5.64. The third-order valence-corrected chi connectivity index (χ3v) is 7.14. The van der Waals surface area contributed by atoms with Gasteiger partial charge in [-0.2, -0.15) is 0 Å². The Hall–Kier alpha value is -1.86. The molecule has 1 aromatic heterocycles. The molecule has 0 saturated carbocycles. The lowest BCUT2D eigenvalue weighted by atomic mass is 10.1. The zero-order chi connectivity index (χ0) is 23.4. The van der Waals surface area contributed by atoms with Gasteiger partial charge in [0.15, 0.2) is 9.84 Å². The van der Waals surface area contributed by atoms with E-state index >= 15 is 0 Å². The summed E-state index contributed by atoms with van der Waals surface area (Å²) in [4.78, 5) is 18.7. The van der Waals surface area contributed by atoms with Crippen molar-refractivity contribution in [3.05, 3.63) is 35.1 Å². The number of hydrogen-bond donors (Lipinski definition) is 0. The highest BCUT2D eigenvalue weighted by atomic mass is 35.5. The Balaban J connectivity index is 2.27. The number of hydrogen-bond acceptors (Lipinski definition) is 5. The lowest BCUT2D eigenvalue weighted by Gasteiger charge is -2.29. The summed E-state index contributed by atoms with van der Waals surface area (Å²) in [6.45, 7) is 12.0. The molecule has 8 heteroatoms. The molecule has 2 aromatic rings. The Bertz CT molecular complexity index is 1030. The van der Waals surface area contributed by atoms with E-state index in [2.05, 4.69) is 4.98 Å². The van der Waals surface area contributed by atoms with Crippen LogP contribution in [0.3, 0.4) is 0 Å². The Morgan fingerprint density at radius 2 is 1.97 bits per heavy atom. The zero-order valence-corrected chi connectivity index (χ0v) is 20.8. The van der Waals surface area contributed by atoms with E-state index < -0.39 is 21.5 Å². The van der Waals surface area contributed by atoms with Gasteiger partial charge < -0.3 is 9.64 Å². The van der Waals surface area contributed by atoms with Gasteiger partial charge in [0, 0.05) is 35.8 Å². The third kappa shape index (κ3) is 6.81. The van der Waals surface area contributed by atoms with Crippen LogP contribution in [0.15, 0.2) is 29.3 Å². The average molecular weight is 469 g/mol. The first kappa shape index (κ1) is 25.4. The summed E-state index contributed by atoms with van der Waals surface area (Å²) in [5, 5.41) is 1.53. The van der Waals surface area contributed by atoms with Crippen LogP contribution in [0.25, 0.3) is 10.8 Å². The number of amides is 1. The fraction of sp³-hybridized carbons (Fsp3) is 0.565. The Kier molecular flexibility index (Phi) is 8.34. The molecule has 0 spiro atoms.